The zero-order valence-corrected chi connectivity index (χ0v) is 63.5. The van der Waals surface area contributed by atoms with Gasteiger partial charge in [-0.3, -0.25) is 9.59 Å². The Bertz CT molecular complexity index is 5020. The zero-order valence-electron chi connectivity index (χ0n) is 46.6. The van der Waals surface area contributed by atoms with Gasteiger partial charge in [-0.25, -0.2) is 33.7 Å². The van der Waals surface area contributed by atoms with E-state index in [-0.39, 0.29) is 250 Å². The van der Waals surface area contributed by atoms with Gasteiger partial charge in [0.05, 0.1) is 37.1 Å². The van der Waals surface area contributed by atoms with Gasteiger partial charge < -0.3 is 39.9 Å². The molecule has 432 valence electrons. The number of nitrogen functional groups attached to an aromatic ring is 2. The Morgan fingerprint density at radius 3 is 1.36 bits per heavy atom. The van der Waals surface area contributed by atoms with Gasteiger partial charge in [0, 0.05) is 56.1 Å². The van der Waals surface area contributed by atoms with Crippen LogP contribution in [0.25, 0.3) is 21.5 Å². The van der Waals surface area contributed by atoms with Crippen LogP contribution in [0.3, 0.4) is 0 Å². The molecule has 0 bridgehead atoms. The predicted octanol–water partition coefficient (Wildman–Crippen LogP) is -11.8. The third-order valence-electron chi connectivity index (χ3n) is 11.1. The maximum atomic E-state index is 13.9. The van der Waals surface area contributed by atoms with E-state index in [0.29, 0.717) is 24.3 Å². The molecule has 90 heavy (non-hydrogen) atoms. The summed E-state index contributed by atoms with van der Waals surface area (Å²) in [7, 11) is -27.1. The number of aromatic hydroxyl groups is 2. The van der Waals surface area contributed by atoms with Crippen LogP contribution in [0.5, 0.6) is 11.5 Å². The van der Waals surface area contributed by atoms with Crippen molar-refractivity contribution in [2.75, 3.05) is 11.5 Å². The van der Waals surface area contributed by atoms with Gasteiger partial charge in [-0.2, -0.15) is 55.9 Å². The number of anilines is 2. The quantitative estimate of drug-likeness (QED) is 0.0290. The van der Waals surface area contributed by atoms with E-state index in [1.54, 1.807) is 0 Å². The van der Waals surface area contributed by atoms with Crippen molar-refractivity contribution in [2.45, 2.75) is 19.6 Å². The smallest absolute Gasteiger partial charge is 0.746 e. The van der Waals surface area contributed by atoms with E-state index in [9.17, 15) is 71.7 Å². The van der Waals surface area contributed by atoms with E-state index >= 15 is 0 Å². The third-order valence-corrected chi connectivity index (χ3v) is 14.5. The molecule has 1 aliphatic rings. The van der Waals surface area contributed by atoms with Gasteiger partial charge in [-0.05, 0) is 90.6 Å². The van der Waals surface area contributed by atoms with Crippen molar-refractivity contribution in [2.24, 2.45) is 40.9 Å². The first kappa shape index (κ1) is 84.1. The van der Waals surface area contributed by atoms with Gasteiger partial charge in [0.2, 0.25) is 0 Å². The second-order valence-corrected chi connectivity index (χ2v) is 22.6. The van der Waals surface area contributed by atoms with Crippen LogP contribution in [-0.4, -0.2) is 98.9 Å². The summed E-state index contributed by atoms with van der Waals surface area (Å²) in [5, 5.41) is 53.4. The Labute approximate surface area is 643 Å². The number of hydrogen-bond donors (Lipinski definition) is 4. The number of ketones is 2. The monoisotopic (exact) mass is 1400 g/mol. The zero-order chi connectivity index (χ0) is 62.0. The summed E-state index contributed by atoms with van der Waals surface area (Å²) in [6.45, 7) is 0. The Hall–Kier alpha value is -3.90. The molecule has 0 fully saturated rings. The molecule has 9 rings (SSSR count). The number of carbonyl (C=O) groups excluding carboxylic acids is 2. The first-order valence-corrected chi connectivity index (χ1v) is 29.4. The minimum Gasteiger partial charge on any atom is -0.746 e. The number of hydrogen-bond acceptors (Lipinski definition) is 32. The summed E-state index contributed by atoms with van der Waals surface area (Å²) in [6, 6.07) is 24.7. The number of nitrogens with two attached hydrogens (primary N) is 2. The van der Waals surface area contributed by atoms with E-state index in [4.69, 9.17) is 36.7 Å². The molecule has 0 amide bonds. The topological polar surface area (TPSA) is 557 Å². The van der Waals surface area contributed by atoms with Gasteiger partial charge >= 0.3 is 199 Å². The number of phenolic OH excluding ortho intramolecular Hbond substituents is 2. The third kappa shape index (κ3) is 20.6. The molecule has 0 unspecified atom stereocenters. The average Bonchev–Trinajstić information content (AvgIpc) is 0.796. The van der Waals surface area contributed by atoms with Gasteiger partial charge in [-0.15, -0.1) is 46.7 Å². The molecule has 0 atom stereocenters. The van der Waals surface area contributed by atoms with Crippen LogP contribution >= 0.6 is 0 Å². The van der Waals surface area contributed by atoms with Crippen molar-refractivity contribution < 1.29 is 274 Å². The van der Waals surface area contributed by atoms with Crippen molar-refractivity contribution in [1.29, 1.82) is 0 Å². The van der Waals surface area contributed by atoms with Gasteiger partial charge in [0.15, 0.2) is 17.3 Å². The minimum absolute atomic E-state index is 0. The number of nitrogens with zero attached hydrogens (tertiary/aromatic N) is 8. The molecule has 0 aromatic heterocycles. The summed E-state index contributed by atoms with van der Waals surface area (Å²) < 4.78 is 193. The molecule has 0 aliphatic heterocycles. The molecular formula is C46H24N10Na6O22S6. The normalized spacial score (nSPS) is 11.9. The molecule has 8 aromatic rings. The summed E-state index contributed by atoms with van der Waals surface area (Å²) in [4.78, 5) is 23.9. The molecule has 6 N–H and O–H groups in total. The van der Waals surface area contributed by atoms with E-state index < -0.39 is 132 Å². The molecule has 1 aliphatic carbocycles. The first-order valence-electron chi connectivity index (χ1n) is 21.8. The maximum absolute atomic E-state index is 13.9. The van der Waals surface area contributed by atoms with E-state index in [1.165, 1.54) is 54.6 Å². The van der Waals surface area contributed by atoms with E-state index in [2.05, 4.69) is 53.0 Å². The second-order valence-electron chi connectivity index (χ2n) is 16.3. The van der Waals surface area contributed by atoms with Crippen molar-refractivity contribution in [3.8, 4) is 11.5 Å². The first-order chi connectivity index (χ1) is 39.1. The number of phenols is 2. The summed E-state index contributed by atoms with van der Waals surface area (Å²) in [5.41, 5.74) is 9.11. The fourth-order valence-electron chi connectivity index (χ4n) is 7.64. The Kier molecular flexibility index (Phi) is 32.2. The van der Waals surface area contributed by atoms with Crippen LogP contribution < -0.4 is 189 Å². The molecule has 0 saturated carbocycles. The van der Waals surface area contributed by atoms with Crippen LogP contribution in [0.15, 0.2) is 170 Å². The van der Waals surface area contributed by atoms with Crippen LogP contribution in [0.4, 0.5) is 56.9 Å². The standard InChI is InChI=1S/C46H28N10O16S4.6Na.2O3S/c47-32-10-13-34(52-49-21-2-1-3-24(16-21)73(61,62)63)28-9-12-36(45(59)40(28)32)54-50-22-4-7-26-29(17-22)43(57)27-8-5-23(18-30(27)44(26)58)51-56-42-39(76(70,71)72)20-31-35(14-11-33(48)41(31)46(42)60)53-55-37-19-25(74(64,65)66)6-15-38(37)75(67,68)69;;;;;;;2*1-4(2)3/h1,3-11,13-20,59-60H,47-48H2,(H,61,62,63)(H,64,65,66)(H,67,68,69)(H,70,71,72);;;;;;;;/q-2;6*+1;;/p-4. The average molecular weight is 1400 g/mol. The SMILES string of the molecule is Nc1ccc(N=Nc2[c-]ccc(S(=O)(=O)[O-])c2)c2c[c-]c(N=Nc3ccc4c(c3)C(=O)c3ccc(N=Nc5c(S(=O)(=O)[O-])cc6c(N=Nc7cc(S(=O)(=O)[O-])ccc7S(=O)(=O)[O-])ccc(N)c6c5O)cc3C4=O)c(O)c12.O=S(=O)=O.O=S(=O)=O.[Na+].[Na+].[Na+].[Na+].[Na+].[Na+]. The molecular weight excluding hydrogens is 1370 g/mol. The number of carbonyl (C=O) groups is 2. The fraction of sp³-hybridized carbons (Fsp3) is 0. The van der Waals surface area contributed by atoms with Crippen molar-refractivity contribution in [3.63, 3.8) is 0 Å². The number of azo groups is 4. The largest absolute Gasteiger partial charge is 1.00 e. The fourth-order valence-corrected chi connectivity index (χ4v) is 9.85. The maximum Gasteiger partial charge on any atom is 1.00 e. The van der Waals surface area contributed by atoms with Gasteiger partial charge in [0.1, 0.15) is 51.8 Å². The summed E-state index contributed by atoms with van der Waals surface area (Å²) >= 11 is 0. The van der Waals surface area contributed by atoms with Crippen molar-refractivity contribution in [1.82, 2.24) is 0 Å². The van der Waals surface area contributed by atoms with Crippen LogP contribution in [0.2, 0.25) is 0 Å². The summed E-state index contributed by atoms with van der Waals surface area (Å²) in [6.07, 6.45) is 0. The second kappa shape index (κ2) is 34.5. The van der Waals surface area contributed by atoms with E-state index in [0.717, 1.165) is 30.3 Å². The molecule has 32 nitrogen and oxygen atoms in total. The van der Waals surface area contributed by atoms with E-state index in [1.807, 2.05) is 0 Å². The molecule has 0 spiro atoms. The Balaban J connectivity index is 0.00000273. The molecule has 8 aromatic carbocycles. The summed E-state index contributed by atoms with van der Waals surface area (Å²) in [5.74, 6) is -2.85. The molecule has 0 radical (unpaired) electrons. The number of rotatable bonds is 12. The molecule has 0 heterocycles. The Morgan fingerprint density at radius 2 is 0.867 bits per heavy atom. The van der Waals surface area contributed by atoms with Crippen LogP contribution in [0, 0.1) is 12.1 Å². The molecule has 44 heteroatoms. The predicted molar refractivity (Wildman–Crippen MR) is 278 cm³/mol. The number of fused-ring (bicyclic) bond motifs is 4. The minimum atomic E-state index is -5.57. The van der Waals surface area contributed by atoms with Gasteiger partial charge in [0.25, 0.3) is 0 Å². The van der Waals surface area contributed by atoms with Gasteiger partial charge in [-0.1, -0.05) is 15.7 Å². The van der Waals surface area contributed by atoms with Crippen molar-refractivity contribution in [3.05, 3.63) is 144 Å². The molecule has 0 saturated heterocycles. The Morgan fingerprint density at radius 1 is 0.422 bits per heavy atom. The van der Waals surface area contributed by atoms with Crippen molar-refractivity contribution >= 4 is 152 Å². The van der Waals surface area contributed by atoms with Crippen LogP contribution in [-0.2, 0) is 61.7 Å². The van der Waals surface area contributed by atoms with Crippen LogP contribution in [0.1, 0.15) is 31.8 Å². The number of benzene rings is 8.